The third-order valence-corrected chi connectivity index (χ3v) is 5.27. The summed E-state index contributed by atoms with van der Waals surface area (Å²) >= 11 is 0. The van der Waals surface area contributed by atoms with Crippen molar-refractivity contribution in [3.63, 3.8) is 0 Å². The first-order valence-corrected chi connectivity index (χ1v) is 7.38. The molecule has 0 heterocycles. The van der Waals surface area contributed by atoms with E-state index in [1.165, 1.54) is 25.7 Å². The minimum atomic E-state index is -4.37. The molecule has 5 atom stereocenters. The Morgan fingerprint density at radius 2 is 1.90 bits per heavy atom. The highest BCUT2D eigenvalue weighted by atomic mass is 19.4. The summed E-state index contributed by atoms with van der Waals surface area (Å²) in [6.45, 7) is -1.86. The highest BCUT2D eigenvalue weighted by Gasteiger charge is 2.53. The number of hydrogen-bond donors (Lipinski definition) is 1. The lowest BCUT2D eigenvalue weighted by molar-refractivity contribution is -0.175. The minimum Gasteiger partial charge on any atom is -0.362 e. The molecule has 1 amide bonds. The lowest BCUT2D eigenvalue weighted by Gasteiger charge is -2.32. The molecular formula is C14H20F3NO2. The lowest BCUT2D eigenvalue weighted by Crippen LogP contribution is -2.44. The largest absolute Gasteiger partial charge is 0.411 e. The number of carbonyl (C=O) groups excluding carboxylic acids is 1. The standard InChI is InChI=1S/C14H20F3NO2/c15-14(16,17)7-20-6-13(19)18-12-5-8-4-11(12)10-3-1-2-9(8)10/h8-12H,1-7H2,(H,18,19). The number of rotatable bonds is 4. The Bertz CT molecular complexity index is 385. The lowest BCUT2D eigenvalue weighted by atomic mass is 9.79. The van der Waals surface area contributed by atoms with Crippen molar-refractivity contribution in [2.75, 3.05) is 13.2 Å². The molecule has 0 aliphatic heterocycles. The molecule has 2 bridgehead atoms. The predicted molar refractivity (Wildman–Crippen MR) is 65.8 cm³/mol. The Morgan fingerprint density at radius 3 is 2.65 bits per heavy atom. The number of alkyl halides is 3. The van der Waals surface area contributed by atoms with Gasteiger partial charge in [0, 0.05) is 6.04 Å². The van der Waals surface area contributed by atoms with Gasteiger partial charge in [0.15, 0.2) is 0 Å². The summed E-state index contributed by atoms with van der Waals surface area (Å²) in [6.07, 6.45) is 1.67. The summed E-state index contributed by atoms with van der Waals surface area (Å²) in [5, 5.41) is 2.88. The summed E-state index contributed by atoms with van der Waals surface area (Å²) in [4.78, 5) is 11.6. The molecule has 3 nitrogen and oxygen atoms in total. The van der Waals surface area contributed by atoms with Gasteiger partial charge >= 0.3 is 6.18 Å². The zero-order valence-corrected chi connectivity index (χ0v) is 11.3. The highest BCUT2D eigenvalue weighted by Crippen LogP contribution is 2.58. The van der Waals surface area contributed by atoms with E-state index < -0.39 is 25.3 Å². The molecule has 1 N–H and O–H groups in total. The zero-order chi connectivity index (χ0) is 14.3. The molecule has 3 saturated carbocycles. The molecule has 0 aromatic rings. The van der Waals surface area contributed by atoms with E-state index in [4.69, 9.17) is 0 Å². The van der Waals surface area contributed by atoms with E-state index in [1.54, 1.807) is 0 Å². The molecule has 20 heavy (non-hydrogen) atoms. The van der Waals surface area contributed by atoms with E-state index in [0.717, 1.165) is 18.3 Å². The molecule has 3 aliphatic rings. The first-order chi connectivity index (χ1) is 9.44. The molecule has 114 valence electrons. The second-order valence-corrected chi connectivity index (χ2v) is 6.44. The maximum atomic E-state index is 11.9. The Kier molecular flexibility index (Phi) is 3.69. The van der Waals surface area contributed by atoms with Crippen molar-refractivity contribution in [3.8, 4) is 0 Å². The van der Waals surface area contributed by atoms with E-state index in [2.05, 4.69) is 10.1 Å². The van der Waals surface area contributed by atoms with Crippen LogP contribution in [0.5, 0.6) is 0 Å². The number of fused-ring (bicyclic) bond motifs is 5. The van der Waals surface area contributed by atoms with Crippen molar-refractivity contribution in [3.05, 3.63) is 0 Å². The van der Waals surface area contributed by atoms with Gasteiger partial charge in [-0.1, -0.05) is 6.42 Å². The second-order valence-electron chi connectivity index (χ2n) is 6.44. The number of nitrogens with one attached hydrogen (secondary N) is 1. The number of carbonyl (C=O) groups is 1. The third kappa shape index (κ3) is 2.80. The minimum absolute atomic E-state index is 0.154. The van der Waals surface area contributed by atoms with Crippen molar-refractivity contribution in [2.24, 2.45) is 23.7 Å². The van der Waals surface area contributed by atoms with Crippen LogP contribution in [0.15, 0.2) is 0 Å². The van der Waals surface area contributed by atoms with Gasteiger partial charge in [-0.25, -0.2) is 0 Å². The Labute approximate surface area is 116 Å². The molecule has 0 aromatic carbocycles. The fraction of sp³-hybridized carbons (Fsp3) is 0.929. The highest BCUT2D eigenvalue weighted by molar-refractivity contribution is 5.77. The van der Waals surface area contributed by atoms with Gasteiger partial charge in [0.1, 0.15) is 13.2 Å². The topological polar surface area (TPSA) is 38.3 Å². The van der Waals surface area contributed by atoms with Crippen LogP contribution in [0.2, 0.25) is 0 Å². The summed E-state index contributed by atoms with van der Waals surface area (Å²) in [5.74, 6) is 2.42. The Balaban J connectivity index is 1.44. The van der Waals surface area contributed by atoms with Gasteiger partial charge in [-0.15, -0.1) is 0 Å². The van der Waals surface area contributed by atoms with Gasteiger partial charge in [-0.05, 0) is 49.4 Å². The number of hydrogen-bond acceptors (Lipinski definition) is 2. The Morgan fingerprint density at radius 1 is 1.15 bits per heavy atom. The van der Waals surface area contributed by atoms with E-state index in [9.17, 15) is 18.0 Å². The molecule has 3 fully saturated rings. The zero-order valence-electron chi connectivity index (χ0n) is 11.3. The van der Waals surface area contributed by atoms with Gasteiger partial charge in [-0.2, -0.15) is 13.2 Å². The maximum absolute atomic E-state index is 11.9. The number of ether oxygens (including phenoxy) is 1. The van der Waals surface area contributed by atoms with Crippen molar-refractivity contribution in [1.29, 1.82) is 0 Å². The first-order valence-electron chi connectivity index (χ1n) is 7.38. The normalized spacial score (nSPS) is 39.0. The van der Waals surface area contributed by atoms with Crippen LogP contribution in [-0.2, 0) is 9.53 Å². The second kappa shape index (κ2) is 5.20. The monoisotopic (exact) mass is 291 g/mol. The fourth-order valence-electron chi connectivity index (χ4n) is 4.74. The predicted octanol–water partition coefficient (Wildman–Crippen LogP) is 2.51. The van der Waals surface area contributed by atoms with Crippen LogP contribution in [0.25, 0.3) is 0 Å². The van der Waals surface area contributed by atoms with Gasteiger partial charge in [0.05, 0.1) is 0 Å². The smallest absolute Gasteiger partial charge is 0.362 e. The maximum Gasteiger partial charge on any atom is 0.411 e. The van der Waals surface area contributed by atoms with Gasteiger partial charge in [-0.3, -0.25) is 4.79 Å². The summed E-state index contributed by atoms with van der Waals surface area (Å²) in [7, 11) is 0. The molecule has 5 unspecified atom stereocenters. The van der Waals surface area contributed by atoms with Crippen LogP contribution in [0, 0.1) is 23.7 Å². The van der Waals surface area contributed by atoms with E-state index in [1.807, 2.05) is 0 Å². The van der Waals surface area contributed by atoms with Crippen LogP contribution in [-0.4, -0.2) is 31.3 Å². The molecule has 0 aromatic heterocycles. The summed E-state index contributed by atoms with van der Waals surface area (Å²) < 4.78 is 40.2. The average molecular weight is 291 g/mol. The average Bonchev–Trinajstić information content (AvgIpc) is 2.97. The van der Waals surface area contributed by atoms with E-state index in [-0.39, 0.29) is 6.04 Å². The van der Waals surface area contributed by atoms with Crippen molar-refractivity contribution >= 4 is 5.91 Å². The van der Waals surface area contributed by atoms with Crippen LogP contribution in [0.1, 0.15) is 32.1 Å². The summed E-state index contributed by atoms with van der Waals surface area (Å²) in [6, 6.07) is 0.154. The summed E-state index contributed by atoms with van der Waals surface area (Å²) in [5.41, 5.74) is 0. The first kappa shape index (κ1) is 14.2. The van der Waals surface area contributed by atoms with Gasteiger partial charge < -0.3 is 10.1 Å². The van der Waals surface area contributed by atoms with Gasteiger partial charge in [0.25, 0.3) is 0 Å². The number of amides is 1. The molecule has 3 aliphatic carbocycles. The fourth-order valence-corrected chi connectivity index (χ4v) is 4.74. The molecular weight excluding hydrogens is 271 g/mol. The molecule has 0 saturated heterocycles. The molecule has 3 rings (SSSR count). The molecule has 6 heteroatoms. The van der Waals surface area contributed by atoms with E-state index in [0.29, 0.717) is 11.8 Å². The Hall–Kier alpha value is -0.780. The molecule has 0 spiro atoms. The molecule has 0 radical (unpaired) electrons. The van der Waals surface area contributed by atoms with Crippen molar-refractivity contribution in [2.45, 2.75) is 44.3 Å². The van der Waals surface area contributed by atoms with Crippen LogP contribution < -0.4 is 5.32 Å². The van der Waals surface area contributed by atoms with Crippen LogP contribution in [0.3, 0.4) is 0 Å². The third-order valence-electron chi connectivity index (χ3n) is 5.27. The van der Waals surface area contributed by atoms with Crippen molar-refractivity contribution in [1.82, 2.24) is 5.32 Å². The van der Waals surface area contributed by atoms with Gasteiger partial charge in [0.2, 0.25) is 5.91 Å². The van der Waals surface area contributed by atoms with Crippen LogP contribution in [0.4, 0.5) is 13.2 Å². The van der Waals surface area contributed by atoms with Crippen LogP contribution >= 0.6 is 0 Å². The quantitative estimate of drug-likeness (QED) is 0.864. The van der Waals surface area contributed by atoms with Crippen molar-refractivity contribution < 1.29 is 22.7 Å². The van der Waals surface area contributed by atoms with E-state index >= 15 is 0 Å². The number of halogens is 3. The SMILES string of the molecule is O=C(COCC(F)(F)F)NC1CC2CC1C1CCCC21.